The normalized spacial score (nSPS) is 12.9. The fourth-order valence-corrected chi connectivity index (χ4v) is 3.06. The molecular formula is C20H6N6. The van der Waals surface area contributed by atoms with Gasteiger partial charge >= 0.3 is 0 Å². The number of nitrogens with zero attached hydrogens (tertiary/aromatic N) is 6. The summed E-state index contributed by atoms with van der Waals surface area (Å²) in [5.74, 6) is 0. The molecule has 26 heavy (non-hydrogen) atoms. The summed E-state index contributed by atoms with van der Waals surface area (Å²) < 4.78 is 0. The topological polar surface area (TPSA) is 102 Å². The molecule has 3 aromatic rings. The van der Waals surface area contributed by atoms with Gasteiger partial charge in [-0.25, -0.2) is 20.1 Å². The molecule has 0 fully saturated rings. The molecule has 0 atom stereocenters. The van der Waals surface area contributed by atoms with Crippen molar-refractivity contribution in [2.75, 3.05) is 0 Å². The quantitative estimate of drug-likeness (QED) is 0.362. The van der Waals surface area contributed by atoms with Crippen LogP contribution in [0.3, 0.4) is 0 Å². The van der Waals surface area contributed by atoms with Crippen molar-refractivity contribution in [2.45, 2.75) is 0 Å². The Morgan fingerprint density at radius 1 is 0.885 bits per heavy atom. The molecule has 1 aliphatic carbocycles. The van der Waals surface area contributed by atoms with Gasteiger partial charge in [0.1, 0.15) is 12.1 Å². The third-order valence-corrected chi connectivity index (χ3v) is 4.19. The van der Waals surface area contributed by atoms with E-state index in [9.17, 15) is 15.8 Å². The molecule has 0 saturated heterocycles. The predicted octanol–water partition coefficient (Wildman–Crippen LogP) is 3.56. The van der Waals surface area contributed by atoms with Crippen molar-refractivity contribution in [3.63, 3.8) is 0 Å². The average Bonchev–Trinajstić information content (AvgIpc) is 3.00. The standard InChI is InChI=1S/C20H6N6/c1-24-17(10-23)18-13-4-2-3-5-14(13)19-20(18)26-16-7-12(9-22)11(8-21)6-15(16)25-19/h2-7H/b18-17+. The van der Waals surface area contributed by atoms with Crippen LogP contribution >= 0.6 is 0 Å². The highest BCUT2D eigenvalue weighted by molar-refractivity contribution is 6.02. The lowest BCUT2D eigenvalue weighted by atomic mass is 10.0. The van der Waals surface area contributed by atoms with Crippen molar-refractivity contribution in [1.29, 1.82) is 15.8 Å². The molecule has 6 heteroatoms. The highest BCUT2D eigenvalue weighted by Gasteiger charge is 2.29. The second kappa shape index (κ2) is 5.53. The maximum atomic E-state index is 9.35. The van der Waals surface area contributed by atoms with Gasteiger partial charge in [0, 0.05) is 11.1 Å². The summed E-state index contributed by atoms with van der Waals surface area (Å²) in [6.07, 6.45) is 0. The van der Waals surface area contributed by atoms with Crippen molar-refractivity contribution in [3.05, 3.63) is 75.9 Å². The lowest BCUT2D eigenvalue weighted by Gasteiger charge is -2.05. The van der Waals surface area contributed by atoms with Gasteiger partial charge in [0.2, 0.25) is 0 Å². The van der Waals surface area contributed by atoms with Crippen LogP contribution in [0, 0.1) is 40.6 Å². The smallest absolute Gasteiger partial charge is 0.245 e. The SMILES string of the molecule is [C-]#[N+]/C(C#N)=C1\c2ccccc2-c2nc3cc(C#N)c(C#N)cc3nc21. The maximum Gasteiger partial charge on any atom is 0.271 e. The fourth-order valence-electron chi connectivity index (χ4n) is 3.06. The maximum absolute atomic E-state index is 9.35. The Labute approximate surface area is 148 Å². The number of allylic oxidation sites excluding steroid dienone is 1. The van der Waals surface area contributed by atoms with E-state index >= 15 is 0 Å². The molecule has 0 unspecified atom stereocenters. The molecule has 1 aliphatic rings. The zero-order chi connectivity index (χ0) is 18.3. The van der Waals surface area contributed by atoms with Crippen molar-refractivity contribution in [2.24, 2.45) is 0 Å². The molecule has 0 radical (unpaired) electrons. The Bertz CT molecular complexity index is 1300. The van der Waals surface area contributed by atoms with Crippen LogP contribution in [-0.2, 0) is 0 Å². The molecule has 0 saturated carbocycles. The highest BCUT2D eigenvalue weighted by atomic mass is 14.9. The molecule has 0 aliphatic heterocycles. The van der Waals surface area contributed by atoms with E-state index in [2.05, 4.69) is 14.8 Å². The number of aromatic nitrogens is 2. The zero-order valence-electron chi connectivity index (χ0n) is 13.1. The summed E-state index contributed by atoms with van der Waals surface area (Å²) in [7, 11) is 0. The van der Waals surface area contributed by atoms with Gasteiger partial charge in [0.25, 0.3) is 5.70 Å². The molecule has 1 aromatic heterocycles. The second-order valence-electron chi connectivity index (χ2n) is 5.52. The van der Waals surface area contributed by atoms with Gasteiger partial charge in [-0.15, -0.1) is 0 Å². The van der Waals surface area contributed by atoms with Crippen LogP contribution in [-0.4, -0.2) is 9.97 Å². The van der Waals surface area contributed by atoms with Crippen molar-refractivity contribution >= 4 is 16.6 Å². The molecule has 6 nitrogen and oxygen atoms in total. The van der Waals surface area contributed by atoms with Crippen LogP contribution in [0.25, 0.3) is 32.7 Å². The summed E-state index contributed by atoms with van der Waals surface area (Å²) in [6.45, 7) is 7.30. The van der Waals surface area contributed by atoms with E-state index in [1.165, 1.54) is 12.1 Å². The van der Waals surface area contributed by atoms with Gasteiger partial charge < -0.3 is 0 Å². The minimum Gasteiger partial charge on any atom is -0.245 e. The Hall–Kier alpha value is -4.52. The lowest BCUT2D eigenvalue weighted by molar-refractivity contribution is 1.27. The molecule has 4 rings (SSSR count). The van der Waals surface area contributed by atoms with Crippen LogP contribution < -0.4 is 0 Å². The Balaban J connectivity index is 2.16. The summed E-state index contributed by atoms with van der Waals surface area (Å²) in [5.41, 5.74) is 4.27. The Morgan fingerprint density at radius 2 is 1.46 bits per heavy atom. The van der Waals surface area contributed by atoms with Crippen molar-refractivity contribution in [1.82, 2.24) is 9.97 Å². The molecule has 2 aromatic carbocycles. The Morgan fingerprint density at radius 3 is 2.00 bits per heavy atom. The number of nitriles is 3. The molecule has 0 bridgehead atoms. The van der Waals surface area contributed by atoms with Crippen LogP contribution in [0.1, 0.15) is 22.4 Å². The first-order chi connectivity index (χ1) is 12.7. The number of hydrogen-bond donors (Lipinski definition) is 0. The van der Waals surface area contributed by atoms with E-state index in [4.69, 9.17) is 6.57 Å². The van der Waals surface area contributed by atoms with Crippen LogP contribution in [0.5, 0.6) is 0 Å². The van der Waals surface area contributed by atoms with E-state index in [-0.39, 0.29) is 16.8 Å². The highest BCUT2D eigenvalue weighted by Crippen LogP contribution is 2.44. The summed E-state index contributed by atoms with van der Waals surface area (Å²) in [4.78, 5) is 12.5. The predicted molar refractivity (Wildman–Crippen MR) is 92.6 cm³/mol. The molecule has 0 N–H and O–H groups in total. The summed E-state index contributed by atoms with van der Waals surface area (Å²) >= 11 is 0. The number of rotatable bonds is 0. The van der Waals surface area contributed by atoms with E-state index in [1.807, 2.05) is 42.5 Å². The third-order valence-electron chi connectivity index (χ3n) is 4.19. The lowest BCUT2D eigenvalue weighted by Crippen LogP contribution is -1.96. The van der Waals surface area contributed by atoms with E-state index < -0.39 is 0 Å². The van der Waals surface area contributed by atoms with Gasteiger partial charge in [0.05, 0.1) is 46.2 Å². The molecule has 0 spiro atoms. The first-order valence-electron chi connectivity index (χ1n) is 7.49. The largest absolute Gasteiger partial charge is 0.271 e. The van der Waals surface area contributed by atoms with Gasteiger partial charge in [-0.05, 0) is 17.7 Å². The monoisotopic (exact) mass is 330 g/mol. The van der Waals surface area contributed by atoms with Crippen molar-refractivity contribution in [3.8, 4) is 29.5 Å². The molecular weight excluding hydrogens is 324 g/mol. The Kier molecular flexibility index (Phi) is 3.20. The first kappa shape index (κ1) is 15.0. The zero-order valence-corrected chi connectivity index (χ0v) is 13.1. The number of hydrogen-bond acceptors (Lipinski definition) is 5. The van der Waals surface area contributed by atoms with E-state index in [1.54, 1.807) is 0 Å². The van der Waals surface area contributed by atoms with Crippen LogP contribution in [0.2, 0.25) is 0 Å². The third kappa shape index (κ3) is 1.95. The molecule has 116 valence electrons. The first-order valence-corrected chi connectivity index (χ1v) is 7.49. The summed E-state index contributed by atoms with van der Waals surface area (Å²) in [6, 6.07) is 16.3. The van der Waals surface area contributed by atoms with E-state index in [0.29, 0.717) is 28.0 Å². The van der Waals surface area contributed by atoms with Gasteiger partial charge in [-0.3, -0.25) is 0 Å². The summed E-state index contributed by atoms with van der Waals surface area (Å²) in [5, 5.41) is 27.8. The van der Waals surface area contributed by atoms with Crippen LogP contribution in [0.15, 0.2) is 42.1 Å². The van der Waals surface area contributed by atoms with Crippen LogP contribution in [0.4, 0.5) is 0 Å². The fraction of sp³-hybridized carbons (Fsp3) is 0. The second-order valence-corrected chi connectivity index (χ2v) is 5.52. The van der Waals surface area contributed by atoms with Gasteiger partial charge in [-0.1, -0.05) is 24.3 Å². The number of fused-ring (bicyclic) bond motifs is 4. The van der Waals surface area contributed by atoms with Crippen molar-refractivity contribution < 1.29 is 0 Å². The average molecular weight is 330 g/mol. The van der Waals surface area contributed by atoms with Gasteiger partial charge in [-0.2, -0.15) is 10.5 Å². The number of benzene rings is 2. The molecule has 1 heterocycles. The molecule has 0 amide bonds. The van der Waals surface area contributed by atoms with Gasteiger partial charge in [0.15, 0.2) is 0 Å². The minimum absolute atomic E-state index is 0.0565. The minimum atomic E-state index is -0.0565. The van der Waals surface area contributed by atoms with E-state index in [0.717, 1.165) is 11.1 Å².